The molecule has 1 heterocycles. The topological polar surface area (TPSA) is 69.6 Å². The van der Waals surface area contributed by atoms with Crippen LogP contribution in [0.15, 0.2) is 18.2 Å². The summed E-state index contributed by atoms with van der Waals surface area (Å²) in [6, 6.07) is 3.08. The van der Waals surface area contributed by atoms with Gasteiger partial charge in [-0.2, -0.15) is 4.80 Å². The predicted molar refractivity (Wildman–Crippen MR) is 55.8 cm³/mol. The maximum absolute atomic E-state index is 13.0. The van der Waals surface area contributed by atoms with Crippen molar-refractivity contribution in [3.63, 3.8) is 0 Å². The predicted octanol–water partition coefficient (Wildman–Crippen LogP) is 0.731. The van der Waals surface area contributed by atoms with E-state index in [0.717, 1.165) is 12.1 Å². The zero-order valence-electron chi connectivity index (χ0n) is 9.14. The second kappa shape index (κ2) is 4.54. The number of benzene rings is 1. The largest absolute Gasteiger partial charge is 0.324 e. The first-order valence-electron chi connectivity index (χ1n) is 4.99. The van der Waals surface area contributed by atoms with Crippen molar-refractivity contribution < 1.29 is 8.78 Å². The number of tetrazole rings is 1. The minimum absolute atomic E-state index is 0.318. The van der Waals surface area contributed by atoms with Crippen molar-refractivity contribution in [1.82, 2.24) is 20.2 Å². The van der Waals surface area contributed by atoms with Crippen molar-refractivity contribution in [3.05, 3.63) is 41.2 Å². The summed E-state index contributed by atoms with van der Waals surface area (Å²) in [6.07, 6.45) is 0.318. The SMILES string of the molecule is Cn1nnc(CC(N)c2ccc(F)c(F)c2)n1. The second-order valence-electron chi connectivity index (χ2n) is 3.68. The Kier molecular flexibility index (Phi) is 3.10. The molecule has 0 aliphatic rings. The molecule has 0 amide bonds. The highest BCUT2D eigenvalue weighted by molar-refractivity contribution is 5.21. The first-order chi connectivity index (χ1) is 8.06. The Labute approximate surface area is 96.2 Å². The number of nitrogens with zero attached hydrogens (tertiary/aromatic N) is 4. The molecule has 1 aromatic heterocycles. The lowest BCUT2D eigenvalue weighted by atomic mass is 10.0. The Bertz CT molecular complexity index is 525. The van der Waals surface area contributed by atoms with E-state index in [1.165, 1.54) is 10.9 Å². The number of rotatable bonds is 3. The maximum Gasteiger partial charge on any atom is 0.176 e. The van der Waals surface area contributed by atoms with Gasteiger partial charge in [-0.3, -0.25) is 0 Å². The van der Waals surface area contributed by atoms with Crippen LogP contribution in [0.25, 0.3) is 0 Å². The van der Waals surface area contributed by atoms with Gasteiger partial charge in [0, 0.05) is 12.5 Å². The molecule has 0 aliphatic heterocycles. The maximum atomic E-state index is 13.0. The number of aromatic nitrogens is 4. The van der Waals surface area contributed by atoms with Gasteiger partial charge in [0.15, 0.2) is 17.5 Å². The minimum Gasteiger partial charge on any atom is -0.324 e. The Morgan fingerprint density at radius 2 is 2.12 bits per heavy atom. The second-order valence-corrected chi connectivity index (χ2v) is 3.68. The molecule has 1 unspecified atom stereocenters. The van der Waals surface area contributed by atoms with Gasteiger partial charge >= 0.3 is 0 Å². The van der Waals surface area contributed by atoms with Gasteiger partial charge in [-0.15, -0.1) is 10.2 Å². The van der Waals surface area contributed by atoms with Gasteiger partial charge in [-0.1, -0.05) is 6.07 Å². The minimum atomic E-state index is -0.912. The molecule has 2 rings (SSSR count). The zero-order chi connectivity index (χ0) is 12.4. The molecule has 0 bridgehead atoms. The van der Waals surface area contributed by atoms with Crippen LogP contribution in [0, 0.1) is 11.6 Å². The van der Waals surface area contributed by atoms with Crippen LogP contribution in [0.5, 0.6) is 0 Å². The van der Waals surface area contributed by atoms with Gasteiger partial charge in [0.2, 0.25) is 0 Å². The molecule has 1 atom stereocenters. The van der Waals surface area contributed by atoms with E-state index in [4.69, 9.17) is 5.73 Å². The van der Waals surface area contributed by atoms with Crippen molar-refractivity contribution >= 4 is 0 Å². The fourth-order valence-electron chi connectivity index (χ4n) is 1.46. The van der Waals surface area contributed by atoms with Gasteiger partial charge < -0.3 is 5.73 Å². The first kappa shape index (κ1) is 11.6. The molecule has 0 saturated heterocycles. The van der Waals surface area contributed by atoms with Gasteiger partial charge in [-0.25, -0.2) is 8.78 Å². The lowest BCUT2D eigenvalue weighted by molar-refractivity contribution is 0.504. The first-order valence-corrected chi connectivity index (χ1v) is 4.99. The van der Waals surface area contributed by atoms with E-state index in [0.29, 0.717) is 17.8 Å². The van der Waals surface area contributed by atoms with E-state index in [1.807, 2.05) is 0 Å². The molecule has 17 heavy (non-hydrogen) atoms. The van der Waals surface area contributed by atoms with E-state index in [1.54, 1.807) is 7.05 Å². The van der Waals surface area contributed by atoms with Crippen LogP contribution in [0.3, 0.4) is 0 Å². The highest BCUT2D eigenvalue weighted by Crippen LogP contribution is 2.16. The summed E-state index contributed by atoms with van der Waals surface area (Å²) in [5, 5.41) is 11.4. The van der Waals surface area contributed by atoms with E-state index < -0.39 is 17.7 Å². The molecule has 0 spiro atoms. The van der Waals surface area contributed by atoms with Crippen LogP contribution in [0.2, 0.25) is 0 Å². The van der Waals surface area contributed by atoms with Crippen LogP contribution < -0.4 is 5.73 Å². The summed E-state index contributed by atoms with van der Waals surface area (Å²) < 4.78 is 25.7. The smallest absolute Gasteiger partial charge is 0.176 e. The van der Waals surface area contributed by atoms with Crippen molar-refractivity contribution in [3.8, 4) is 0 Å². The number of hydrogen-bond acceptors (Lipinski definition) is 4. The summed E-state index contributed by atoms with van der Waals surface area (Å²) in [6.45, 7) is 0. The molecule has 2 aromatic rings. The van der Waals surface area contributed by atoms with Crippen molar-refractivity contribution in [2.45, 2.75) is 12.5 Å². The normalized spacial score (nSPS) is 12.7. The number of nitrogens with two attached hydrogens (primary N) is 1. The molecule has 7 heteroatoms. The van der Waals surface area contributed by atoms with Gasteiger partial charge in [0.1, 0.15) is 0 Å². The fourth-order valence-corrected chi connectivity index (χ4v) is 1.46. The Morgan fingerprint density at radius 1 is 1.35 bits per heavy atom. The Morgan fingerprint density at radius 3 is 2.71 bits per heavy atom. The average molecular weight is 239 g/mol. The van der Waals surface area contributed by atoms with Crippen LogP contribution in [0.1, 0.15) is 17.4 Å². The quantitative estimate of drug-likeness (QED) is 0.857. The molecule has 1 aromatic carbocycles. The van der Waals surface area contributed by atoms with E-state index in [2.05, 4.69) is 15.4 Å². The fraction of sp³-hybridized carbons (Fsp3) is 0.300. The highest BCUT2D eigenvalue weighted by atomic mass is 19.2. The average Bonchev–Trinajstić information content (AvgIpc) is 2.68. The number of halogens is 2. The van der Waals surface area contributed by atoms with Crippen molar-refractivity contribution in [1.29, 1.82) is 0 Å². The van der Waals surface area contributed by atoms with Gasteiger partial charge in [0.05, 0.1) is 7.05 Å². The Hall–Kier alpha value is -1.89. The van der Waals surface area contributed by atoms with Crippen LogP contribution in [-0.2, 0) is 13.5 Å². The third-order valence-electron chi connectivity index (χ3n) is 2.32. The molecule has 0 fully saturated rings. The van der Waals surface area contributed by atoms with Gasteiger partial charge in [-0.05, 0) is 22.9 Å². The van der Waals surface area contributed by atoms with Crippen LogP contribution in [-0.4, -0.2) is 20.2 Å². The highest BCUT2D eigenvalue weighted by Gasteiger charge is 2.13. The molecule has 2 N–H and O–H groups in total. The molecule has 0 saturated carbocycles. The molecule has 0 aliphatic carbocycles. The number of hydrogen-bond donors (Lipinski definition) is 1. The molecule has 90 valence electrons. The third-order valence-corrected chi connectivity index (χ3v) is 2.32. The lowest BCUT2D eigenvalue weighted by Gasteiger charge is -2.09. The number of aryl methyl sites for hydroxylation is 1. The van der Waals surface area contributed by atoms with Crippen LogP contribution in [0.4, 0.5) is 8.78 Å². The Balaban J connectivity index is 2.14. The molecular formula is C10H11F2N5. The molecule has 5 nitrogen and oxygen atoms in total. The van der Waals surface area contributed by atoms with Crippen LogP contribution >= 0.6 is 0 Å². The van der Waals surface area contributed by atoms with E-state index in [9.17, 15) is 8.78 Å². The molecule has 0 radical (unpaired) electrons. The van der Waals surface area contributed by atoms with Gasteiger partial charge in [0.25, 0.3) is 0 Å². The zero-order valence-corrected chi connectivity index (χ0v) is 9.14. The van der Waals surface area contributed by atoms with E-state index >= 15 is 0 Å². The van der Waals surface area contributed by atoms with Crippen molar-refractivity contribution in [2.75, 3.05) is 0 Å². The monoisotopic (exact) mass is 239 g/mol. The third kappa shape index (κ3) is 2.62. The summed E-state index contributed by atoms with van der Waals surface area (Å²) in [5.74, 6) is -1.34. The summed E-state index contributed by atoms with van der Waals surface area (Å²) in [7, 11) is 1.64. The summed E-state index contributed by atoms with van der Waals surface area (Å²) in [4.78, 5) is 1.31. The lowest BCUT2D eigenvalue weighted by Crippen LogP contribution is -2.14. The standard InChI is InChI=1S/C10H11F2N5/c1-17-15-10(14-16-17)5-9(13)6-2-3-7(11)8(12)4-6/h2-4,9H,5,13H2,1H3. The summed E-state index contributed by atoms with van der Waals surface area (Å²) >= 11 is 0. The molecular weight excluding hydrogens is 228 g/mol. The summed E-state index contributed by atoms with van der Waals surface area (Å²) in [5.41, 5.74) is 6.35. The van der Waals surface area contributed by atoms with E-state index in [-0.39, 0.29) is 0 Å². The van der Waals surface area contributed by atoms with Crippen molar-refractivity contribution in [2.24, 2.45) is 12.8 Å².